The van der Waals surface area contributed by atoms with E-state index in [1.807, 2.05) is 0 Å². The fraction of sp³-hybridized carbons (Fsp3) is 0.0800. The number of hydrogen-bond donors (Lipinski definition) is 1. The molecule has 0 spiro atoms. The number of halogens is 3. The van der Waals surface area contributed by atoms with Crippen molar-refractivity contribution in [3.8, 4) is 5.75 Å². The van der Waals surface area contributed by atoms with E-state index in [0.717, 1.165) is 14.0 Å². The van der Waals surface area contributed by atoms with Gasteiger partial charge in [0.15, 0.2) is 0 Å². The van der Waals surface area contributed by atoms with Crippen LogP contribution in [0, 0.1) is 9.39 Å². The van der Waals surface area contributed by atoms with Crippen molar-refractivity contribution in [1.82, 2.24) is 5.32 Å². The lowest BCUT2D eigenvalue weighted by molar-refractivity contribution is -0.122. The molecule has 3 aromatic carbocycles. The summed E-state index contributed by atoms with van der Waals surface area (Å²) in [5, 5.41) is 2.63. The zero-order chi connectivity index (χ0) is 24.4. The first-order valence-corrected chi connectivity index (χ1v) is 11.5. The SMILES string of the molecule is COc1cc(/C=C2\C(=O)NC(=O)N(c3ccc(Cl)cc3)C2=O)cc(I)c1Cc1ccccc1F. The summed E-state index contributed by atoms with van der Waals surface area (Å²) >= 11 is 8.00. The predicted molar refractivity (Wildman–Crippen MR) is 135 cm³/mol. The number of imide groups is 2. The zero-order valence-electron chi connectivity index (χ0n) is 17.8. The lowest BCUT2D eigenvalue weighted by atomic mass is 10.00. The Hall–Kier alpha value is -3.24. The van der Waals surface area contributed by atoms with E-state index < -0.39 is 17.8 Å². The molecule has 1 N–H and O–H groups in total. The quantitative estimate of drug-likeness (QED) is 0.247. The third kappa shape index (κ3) is 4.83. The van der Waals surface area contributed by atoms with Crippen LogP contribution in [0.2, 0.25) is 5.02 Å². The molecular formula is C25H17ClFIN2O4. The van der Waals surface area contributed by atoms with Crippen molar-refractivity contribution in [2.24, 2.45) is 0 Å². The number of methoxy groups -OCH3 is 1. The minimum atomic E-state index is -0.845. The average Bonchev–Trinajstić information content (AvgIpc) is 2.80. The van der Waals surface area contributed by atoms with Crippen molar-refractivity contribution in [2.45, 2.75) is 6.42 Å². The number of rotatable bonds is 5. The van der Waals surface area contributed by atoms with Gasteiger partial charge in [0.2, 0.25) is 0 Å². The molecule has 9 heteroatoms. The molecule has 0 aliphatic carbocycles. The van der Waals surface area contributed by atoms with Gasteiger partial charge in [0.05, 0.1) is 12.8 Å². The van der Waals surface area contributed by atoms with E-state index in [4.69, 9.17) is 16.3 Å². The van der Waals surface area contributed by atoms with Gasteiger partial charge in [-0.25, -0.2) is 14.1 Å². The second-order valence-electron chi connectivity index (χ2n) is 7.39. The highest BCUT2D eigenvalue weighted by Crippen LogP contribution is 2.31. The molecule has 4 rings (SSSR count). The van der Waals surface area contributed by atoms with Crippen LogP contribution in [0.3, 0.4) is 0 Å². The van der Waals surface area contributed by atoms with E-state index in [1.165, 1.54) is 31.4 Å². The first-order chi connectivity index (χ1) is 16.3. The predicted octanol–water partition coefficient (Wildman–Crippen LogP) is 5.35. The third-order valence-corrected chi connectivity index (χ3v) is 6.43. The van der Waals surface area contributed by atoms with Gasteiger partial charge in [0.25, 0.3) is 11.8 Å². The van der Waals surface area contributed by atoms with E-state index in [-0.39, 0.29) is 17.1 Å². The van der Waals surface area contributed by atoms with Gasteiger partial charge in [-0.15, -0.1) is 0 Å². The number of nitrogens with one attached hydrogen (secondary N) is 1. The Bertz CT molecular complexity index is 1340. The normalized spacial score (nSPS) is 15.0. The number of hydrogen-bond acceptors (Lipinski definition) is 4. The maximum Gasteiger partial charge on any atom is 0.335 e. The second kappa shape index (κ2) is 9.94. The molecule has 0 bridgehead atoms. The third-order valence-electron chi connectivity index (χ3n) is 5.22. The smallest absolute Gasteiger partial charge is 0.335 e. The first-order valence-electron chi connectivity index (χ1n) is 10.1. The summed E-state index contributed by atoms with van der Waals surface area (Å²) in [6.45, 7) is 0. The number of anilines is 1. The Morgan fingerprint density at radius 3 is 2.47 bits per heavy atom. The van der Waals surface area contributed by atoms with Gasteiger partial charge in [-0.1, -0.05) is 29.8 Å². The lowest BCUT2D eigenvalue weighted by Gasteiger charge is -2.26. The topological polar surface area (TPSA) is 75.7 Å². The number of benzene rings is 3. The first kappa shape index (κ1) is 23.9. The Morgan fingerprint density at radius 2 is 1.79 bits per heavy atom. The number of urea groups is 1. The highest BCUT2D eigenvalue weighted by molar-refractivity contribution is 14.1. The summed E-state index contributed by atoms with van der Waals surface area (Å²) in [7, 11) is 1.49. The summed E-state index contributed by atoms with van der Waals surface area (Å²) < 4.78 is 20.5. The van der Waals surface area contributed by atoms with Gasteiger partial charge in [0.1, 0.15) is 17.1 Å². The highest BCUT2D eigenvalue weighted by Gasteiger charge is 2.36. The van der Waals surface area contributed by atoms with Crippen LogP contribution in [0.25, 0.3) is 6.08 Å². The van der Waals surface area contributed by atoms with Gasteiger partial charge in [0, 0.05) is 20.6 Å². The fourth-order valence-corrected chi connectivity index (χ4v) is 4.49. The van der Waals surface area contributed by atoms with Crippen molar-refractivity contribution < 1.29 is 23.5 Å². The summed E-state index contributed by atoms with van der Waals surface area (Å²) in [6.07, 6.45) is 1.70. The van der Waals surface area contributed by atoms with Gasteiger partial charge in [-0.2, -0.15) is 0 Å². The van der Waals surface area contributed by atoms with Gasteiger partial charge >= 0.3 is 6.03 Å². The fourth-order valence-electron chi connectivity index (χ4n) is 3.55. The summed E-state index contributed by atoms with van der Waals surface area (Å²) in [5.41, 5.74) is 1.87. The molecule has 1 fully saturated rings. The molecule has 34 heavy (non-hydrogen) atoms. The van der Waals surface area contributed by atoms with E-state index in [2.05, 4.69) is 27.9 Å². The molecule has 1 aliphatic heterocycles. The molecule has 0 aromatic heterocycles. The Balaban J connectivity index is 1.71. The highest BCUT2D eigenvalue weighted by atomic mass is 127. The van der Waals surface area contributed by atoms with Crippen molar-refractivity contribution in [1.29, 1.82) is 0 Å². The van der Waals surface area contributed by atoms with E-state index in [9.17, 15) is 18.8 Å². The Labute approximate surface area is 213 Å². The molecule has 172 valence electrons. The van der Waals surface area contributed by atoms with Crippen LogP contribution in [0.4, 0.5) is 14.9 Å². The molecule has 0 atom stereocenters. The summed E-state index contributed by atoms with van der Waals surface area (Å²) in [6, 6.07) is 15.2. The van der Waals surface area contributed by atoms with Crippen molar-refractivity contribution in [3.05, 3.63) is 97.3 Å². The number of barbiturate groups is 1. The molecule has 0 radical (unpaired) electrons. The maximum atomic E-state index is 14.2. The molecule has 1 aliphatic rings. The maximum absolute atomic E-state index is 14.2. The van der Waals surface area contributed by atoms with E-state index in [1.54, 1.807) is 42.5 Å². The number of carbonyl (C=O) groups excluding carboxylic acids is 3. The van der Waals surface area contributed by atoms with Gasteiger partial charge in [-0.05, 0) is 82.3 Å². The molecule has 4 amide bonds. The van der Waals surface area contributed by atoms with Crippen molar-refractivity contribution in [2.75, 3.05) is 12.0 Å². The standard InChI is InChI=1S/C25H17ClFIN2O4/c1-34-22-12-14(11-21(28)18(22)13-15-4-2-3-5-20(15)27)10-19-23(31)29-25(33)30(24(19)32)17-8-6-16(26)7-9-17/h2-12H,13H2,1H3,(H,29,31,33)/b19-10+. The Morgan fingerprint density at radius 1 is 1.09 bits per heavy atom. The minimum Gasteiger partial charge on any atom is -0.496 e. The molecule has 1 heterocycles. The monoisotopic (exact) mass is 590 g/mol. The number of carbonyl (C=O) groups is 3. The van der Waals surface area contributed by atoms with Crippen LogP contribution in [0.5, 0.6) is 5.75 Å². The number of nitrogens with zero attached hydrogens (tertiary/aromatic N) is 1. The number of ether oxygens (including phenoxy) is 1. The van der Waals surface area contributed by atoms with Crippen LogP contribution in [0.1, 0.15) is 16.7 Å². The summed E-state index contributed by atoms with van der Waals surface area (Å²) in [4.78, 5) is 38.8. The zero-order valence-corrected chi connectivity index (χ0v) is 20.7. The molecule has 6 nitrogen and oxygen atoms in total. The molecular weight excluding hydrogens is 574 g/mol. The lowest BCUT2D eigenvalue weighted by Crippen LogP contribution is -2.54. The number of amides is 4. The Kier molecular flexibility index (Phi) is 6.99. The van der Waals surface area contributed by atoms with Crippen LogP contribution < -0.4 is 15.0 Å². The minimum absolute atomic E-state index is 0.214. The van der Waals surface area contributed by atoms with Crippen LogP contribution in [0.15, 0.2) is 66.2 Å². The van der Waals surface area contributed by atoms with Crippen molar-refractivity contribution in [3.63, 3.8) is 0 Å². The van der Waals surface area contributed by atoms with Crippen molar-refractivity contribution >= 4 is 63.8 Å². The second-order valence-corrected chi connectivity index (χ2v) is 8.98. The van der Waals surface area contributed by atoms with Crippen LogP contribution in [-0.2, 0) is 16.0 Å². The van der Waals surface area contributed by atoms with Crippen LogP contribution >= 0.6 is 34.2 Å². The summed E-state index contributed by atoms with van der Waals surface area (Å²) in [5.74, 6) is -1.40. The molecule has 0 unspecified atom stereocenters. The average molecular weight is 591 g/mol. The van der Waals surface area contributed by atoms with E-state index >= 15 is 0 Å². The molecule has 3 aromatic rings. The van der Waals surface area contributed by atoms with Gasteiger partial charge in [-0.3, -0.25) is 14.9 Å². The molecule has 0 saturated carbocycles. The van der Waals surface area contributed by atoms with E-state index in [0.29, 0.717) is 28.3 Å². The van der Waals surface area contributed by atoms with Gasteiger partial charge < -0.3 is 4.74 Å². The largest absolute Gasteiger partial charge is 0.496 e. The van der Waals surface area contributed by atoms with Crippen LogP contribution in [-0.4, -0.2) is 25.0 Å². The molecule has 1 saturated heterocycles.